The van der Waals surface area contributed by atoms with Crippen LogP contribution in [0, 0.1) is 13.8 Å². The van der Waals surface area contributed by atoms with Crippen LogP contribution in [0.1, 0.15) is 21.5 Å². The van der Waals surface area contributed by atoms with Gasteiger partial charge in [0.1, 0.15) is 0 Å². The predicted octanol–water partition coefficient (Wildman–Crippen LogP) is 4.88. The Bertz CT molecular complexity index is 1250. The number of hydrogen-bond acceptors (Lipinski definition) is 4. The van der Waals surface area contributed by atoms with Gasteiger partial charge in [-0.1, -0.05) is 59.7 Å². The average Bonchev–Trinajstić information content (AvgIpc) is 2.83. The van der Waals surface area contributed by atoms with Crippen LogP contribution in [-0.2, 0) is 0 Å². The number of carbonyl (C=O) groups is 1. The Morgan fingerprint density at radius 2 is 1.50 bits per heavy atom. The second-order valence-electron chi connectivity index (χ2n) is 8.46. The fourth-order valence-electron chi connectivity index (χ4n) is 4.51. The standard InChI is InChI=1S/C27H26N4O/c1-19-16-20(2)18-22(17-19)27(32)31-14-12-30(13-15-31)26-11-10-25(28-29-26)24-9-5-7-21-6-3-4-8-23(21)24/h3-11,16-18H,12-15H2,1-2H3. The summed E-state index contributed by atoms with van der Waals surface area (Å²) in [5.74, 6) is 0.960. The third-order valence-electron chi connectivity index (χ3n) is 6.08. The fourth-order valence-corrected chi connectivity index (χ4v) is 4.51. The molecule has 0 unspecified atom stereocenters. The number of hydrogen-bond donors (Lipinski definition) is 0. The molecule has 0 radical (unpaired) electrons. The number of aryl methyl sites for hydroxylation is 2. The number of anilines is 1. The molecule has 3 aromatic carbocycles. The van der Waals surface area contributed by atoms with E-state index in [-0.39, 0.29) is 5.91 Å². The van der Waals surface area contributed by atoms with Crippen LogP contribution in [0.5, 0.6) is 0 Å². The minimum atomic E-state index is 0.105. The summed E-state index contributed by atoms with van der Waals surface area (Å²) < 4.78 is 0. The number of aromatic nitrogens is 2. The van der Waals surface area contributed by atoms with Gasteiger partial charge in [-0.3, -0.25) is 4.79 Å². The Kier molecular flexibility index (Phi) is 5.31. The summed E-state index contributed by atoms with van der Waals surface area (Å²) in [5, 5.41) is 11.4. The molecule has 1 fully saturated rings. The first-order valence-electron chi connectivity index (χ1n) is 11.0. The Morgan fingerprint density at radius 3 is 2.22 bits per heavy atom. The molecule has 2 heterocycles. The van der Waals surface area contributed by atoms with Gasteiger partial charge in [0.15, 0.2) is 5.82 Å². The minimum absolute atomic E-state index is 0.105. The van der Waals surface area contributed by atoms with E-state index >= 15 is 0 Å². The van der Waals surface area contributed by atoms with Crippen molar-refractivity contribution in [3.05, 3.63) is 89.5 Å². The van der Waals surface area contributed by atoms with E-state index in [9.17, 15) is 4.79 Å². The number of amides is 1. The first-order valence-corrected chi connectivity index (χ1v) is 11.0. The molecule has 1 aromatic heterocycles. The summed E-state index contributed by atoms with van der Waals surface area (Å²) in [4.78, 5) is 17.1. The summed E-state index contributed by atoms with van der Waals surface area (Å²) in [7, 11) is 0. The van der Waals surface area contributed by atoms with E-state index in [1.807, 2.05) is 55.1 Å². The summed E-state index contributed by atoms with van der Waals surface area (Å²) >= 11 is 0. The lowest BCUT2D eigenvalue weighted by molar-refractivity contribution is 0.0746. The number of fused-ring (bicyclic) bond motifs is 1. The van der Waals surface area contributed by atoms with Crippen molar-refractivity contribution in [2.75, 3.05) is 31.1 Å². The quantitative estimate of drug-likeness (QED) is 0.472. The average molecular weight is 423 g/mol. The largest absolute Gasteiger partial charge is 0.352 e. The molecule has 0 bridgehead atoms. The van der Waals surface area contributed by atoms with Gasteiger partial charge in [0, 0.05) is 37.3 Å². The monoisotopic (exact) mass is 422 g/mol. The number of benzene rings is 3. The highest BCUT2D eigenvalue weighted by Crippen LogP contribution is 2.27. The zero-order valence-corrected chi connectivity index (χ0v) is 18.5. The van der Waals surface area contributed by atoms with Crippen LogP contribution in [-0.4, -0.2) is 47.2 Å². The molecular formula is C27H26N4O. The smallest absolute Gasteiger partial charge is 0.253 e. The molecule has 0 saturated carbocycles. The maximum Gasteiger partial charge on any atom is 0.253 e. The van der Waals surface area contributed by atoms with Crippen molar-refractivity contribution < 1.29 is 4.79 Å². The van der Waals surface area contributed by atoms with E-state index in [2.05, 4.69) is 51.5 Å². The maximum atomic E-state index is 12.9. The van der Waals surface area contributed by atoms with Crippen molar-refractivity contribution in [1.29, 1.82) is 0 Å². The van der Waals surface area contributed by atoms with Crippen molar-refractivity contribution >= 4 is 22.5 Å². The highest BCUT2D eigenvalue weighted by molar-refractivity contribution is 5.96. The maximum absolute atomic E-state index is 12.9. The Hall–Kier alpha value is -3.73. The van der Waals surface area contributed by atoms with Crippen LogP contribution in [0.2, 0.25) is 0 Å². The lowest BCUT2D eigenvalue weighted by atomic mass is 10.0. The molecular weight excluding hydrogens is 396 g/mol. The van der Waals surface area contributed by atoms with Gasteiger partial charge in [-0.2, -0.15) is 0 Å². The van der Waals surface area contributed by atoms with Crippen molar-refractivity contribution in [1.82, 2.24) is 15.1 Å². The first kappa shape index (κ1) is 20.2. The third-order valence-corrected chi connectivity index (χ3v) is 6.08. The predicted molar refractivity (Wildman–Crippen MR) is 129 cm³/mol. The van der Waals surface area contributed by atoms with Crippen molar-refractivity contribution in [2.24, 2.45) is 0 Å². The molecule has 0 atom stereocenters. The van der Waals surface area contributed by atoms with Gasteiger partial charge in [-0.25, -0.2) is 0 Å². The topological polar surface area (TPSA) is 49.3 Å². The molecule has 5 heteroatoms. The third kappa shape index (κ3) is 3.94. The Labute approximate surface area is 188 Å². The SMILES string of the molecule is Cc1cc(C)cc(C(=O)N2CCN(c3ccc(-c4cccc5ccccc45)nn3)CC2)c1. The van der Waals surface area contributed by atoms with E-state index in [0.29, 0.717) is 13.1 Å². The molecule has 1 aliphatic rings. The first-order chi connectivity index (χ1) is 15.6. The van der Waals surface area contributed by atoms with Gasteiger partial charge in [0.05, 0.1) is 5.69 Å². The van der Waals surface area contributed by atoms with Gasteiger partial charge in [-0.15, -0.1) is 10.2 Å². The number of rotatable bonds is 3. The van der Waals surface area contributed by atoms with E-state index in [1.165, 1.54) is 10.8 Å². The Morgan fingerprint density at radius 1 is 0.781 bits per heavy atom. The van der Waals surface area contributed by atoms with Crippen LogP contribution in [0.25, 0.3) is 22.0 Å². The van der Waals surface area contributed by atoms with Gasteiger partial charge >= 0.3 is 0 Å². The molecule has 1 amide bonds. The number of piperazine rings is 1. The van der Waals surface area contributed by atoms with Crippen LogP contribution in [0.15, 0.2) is 72.8 Å². The lowest BCUT2D eigenvalue weighted by Crippen LogP contribution is -2.49. The zero-order chi connectivity index (χ0) is 22.1. The van der Waals surface area contributed by atoms with Crippen molar-refractivity contribution in [2.45, 2.75) is 13.8 Å². The fraction of sp³-hybridized carbons (Fsp3) is 0.222. The number of carbonyl (C=O) groups excluding carboxylic acids is 1. The summed E-state index contributed by atoms with van der Waals surface area (Å²) in [6.07, 6.45) is 0. The number of nitrogens with zero attached hydrogens (tertiary/aromatic N) is 4. The van der Waals surface area contributed by atoms with E-state index < -0.39 is 0 Å². The molecule has 0 aliphatic carbocycles. The molecule has 5 nitrogen and oxygen atoms in total. The summed E-state index contributed by atoms with van der Waals surface area (Å²) in [5.41, 5.74) is 4.97. The zero-order valence-electron chi connectivity index (χ0n) is 18.5. The lowest BCUT2D eigenvalue weighted by Gasteiger charge is -2.35. The summed E-state index contributed by atoms with van der Waals surface area (Å²) in [6.45, 7) is 6.92. The molecule has 4 aromatic rings. The van der Waals surface area contributed by atoms with E-state index in [1.54, 1.807) is 0 Å². The summed E-state index contributed by atoms with van der Waals surface area (Å²) in [6, 6.07) is 24.7. The second-order valence-corrected chi connectivity index (χ2v) is 8.46. The highest BCUT2D eigenvalue weighted by Gasteiger charge is 2.23. The molecule has 1 aliphatic heterocycles. The van der Waals surface area contributed by atoms with Crippen LogP contribution >= 0.6 is 0 Å². The molecule has 0 N–H and O–H groups in total. The van der Waals surface area contributed by atoms with Crippen LogP contribution in [0.4, 0.5) is 5.82 Å². The van der Waals surface area contributed by atoms with Gasteiger partial charge in [-0.05, 0) is 48.9 Å². The van der Waals surface area contributed by atoms with Gasteiger partial charge < -0.3 is 9.80 Å². The van der Waals surface area contributed by atoms with E-state index in [0.717, 1.165) is 46.9 Å². The second kappa shape index (κ2) is 8.42. The van der Waals surface area contributed by atoms with Gasteiger partial charge in [0.25, 0.3) is 5.91 Å². The Balaban J connectivity index is 1.28. The van der Waals surface area contributed by atoms with Gasteiger partial charge in [0.2, 0.25) is 0 Å². The normalized spacial score (nSPS) is 14.1. The molecule has 0 spiro atoms. The van der Waals surface area contributed by atoms with Crippen molar-refractivity contribution in [3.8, 4) is 11.3 Å². The van der Waals surface area contributed by atoms with Crippen LogP contribution < -0.4 is 4.90 Å². The van der Waals surface area contributed by atoms with Crippen molar-refractivity contribution in [3.63, 3.8) is 0 Å². The molecule has 160 valence electrons. The molecule has 32 heavy (non-hydrogen) atoms. The minimum Gasteiger partial charge on any atom is -0.352 e. The molecule has 5 rings (SSSR count). The highest BCUT2D eigenvalue weighted by atomic mass is 16.2. The molecule has 1 saturated heterocycles. The van der Waals surface area contributed by atoms with Crippen LogP contribution in [0.3, 0.4) is 0 Å². The van der Waals surface area contributed by atoms with E-state index in [4.69, 9.17) is 0 Å².